The number of benzene rings is 3. The van der Waals surface area contributed by atoms with Crippen molar-refractivity contribution < 1.29 is 56.0 Å². The summed E-state index contributed by atoms with van der Waals surface area (Å²) < 4.78 is 98.9. The minimum absolute atomic E-state index is 0. The zero-order valence-electron chi connectivity index (χ0n) is 23.3. The summed E-state index contributed by atoms with van der Waals surface area (Å²) in [7, 11) is -12.6. The van der Waals surface area contributed by atoms with Crippen molar-refractivity contribution in [3.05, 3.63) is 106 Å². The maximum absolute atomic E-state index is 11.0. The second-order valence-electron chi connectivity index (χ2n) is 10.7. The van der Waals surface area contributed by atoms with Gasteiger partial charge in [0.1, 0.15) is 30.4 Å². The molecule has 0 aliphatic heterocycles. The minimum Gasteiger partial charge on any atom is -0.747 e. The quantitative estimate of drug-likeness (QED) is 0.276. The van der Waals surface area contributed by atoms with E-state index < -0.39 is 46.1 Å². The van der Waals surface area contributed by atoms with Crippen LogP contribution in [0.4, 0.5) is 0 Å². The molecule has 233 valence electrons. The Morgan fingerprint density at radius 2 is 0.674 bits per heavy atom. The first-order valence-electron chi connectivity index (χ1n) is 13.8. The monoisotopic (exact) mass is 689 g/mol. The molecule has 13 heteroatoms. The molecular formula is C30H33FeO9S3. The Labute approximate surface area is 264 Å². The van der Waals surface area contributed by atoms with Crippen molar-refractivity contribution >= 4 is 30.4 Å². The van der Waals surface area contributed by atoms with Crippen LogP contribution in [0.5, 0.6) is 0 Å². The Morgan fingerprint density at radius 3 is 0.907 bits per heavy atom. The molecular weight excluding hydrogens is 656 g/mol. The maximum Gasteiger partial charge on any atom is 3.00 e. The molecule has 0 amide bonds. The molecule has 9 nitrogen and oxygen atoms in total. The van der Waals surface area contributed by atoms with E-state index in [4.69, 9.17) is 0 Å². The predicted octanol–water partition coefficient (Wildman–Crippen LogP) is 4.83. The summed E-state index contributed by atoms with van der Waals surface area (Å²) in [6, 6.07) is 21.9. The minimum atomic E-state index is -4.19. The third kappa shape index (κ3) is 9.21. The Morgan fingerprint density at radius 1 is 0.442 bits per heavy atom. The number of fused-ring (bicyclic) bond motifs is 3. The van der Waals surface area contributed by atoms with Gasteiger partial charge in [-0.3, -0.25) is 0 Å². The van der Waals surface area contributed by atoms with Gasteiger partial charge in [0.15, 0.2) is 0 Å². The van der Waals surface area contributed by atoms with Gasteiger partial charge < -0.3 is 13.7 Å². The van der Waals surface area contributed by atoms with Crippen LogP contribution in [0, 0.1) is 0 Å². The summed E-state index contributed by atoms with van der Waals surface area (Å²) in [5.74, 6) is 0. The Bertz CT molecular complexity index is 1520. The Kier molecular flexibility index (Phi) is 12.2. The van der Waals surface area contributed by atoms with Crippen LogP contribution in [-0.4, -0.2) is 38.9 Å². The first-order chi connectivity index (χ1) is 19.8. The molecule has 3 atom stereocenters. The predicted molar refractivity (Wildman–Crippen MR) is 155 cm³/mol. The van der Waals surface area contributed by atoms with Crippen LogP contribution in [-0.2, 0) is 66.7 Å². The molecule has 0 bridgehead atoms. The van der Waals surface area contributed by atoms with E-state index in [-0.39, 0.29) is 17.1 Å². The normalized spacial score (nSPS) is 21.1. The van der Waals surface area contributed by atoms with E-state index in [0.29, 0.717) is 36.0 Å². The first kappa shape index (κ1) is 35.4. The largest absolute Gasteiger partial charge is 3.00 e. The van der Waals surface area contributed by atoms with Gasteiger partial charge in [0.05, 0.1) is 15.7 Å². The Balaban J connectivity index is 0.000000175. The van der Waals surface area contributed by atoms with E-state index in [2.05, 4.69) is 0 Å². The zero-order valence-corrected chi connectivity index (χ0v) is 26.8. The van der Waals surface area contributed by atoms with Gasteiger partial charge in [0, 0.05) is 0 Å². The molecule has 3 aromatic carbocycles. The van der Waals surface area contributed by atoms with Crippen LogP contribution < -0.4 is 0 Å². The fraction of sp³-hybridized carbons (Fsp3) is 0.400. The Hall–Kier alpha value is -2.09. The van der Waals surface area contributed by atoms with Crippen molar-refractivity contribution in [1.29, 1.82) is 0 Å². The van der Waals surface area contributed by atoms with Gasteiger partial charge in [-0.2, -0.15) is 0 Å². The number of rotatable bonds is 3. The SMILES string of the molecule is O=S(=O)([O-])C1CCCc2ccccc21.O=S(=O)([O-])C1CCCc2ccccc21.O=S(=O)([O-])C1CCCc2ccccc21.[Fe+3]. The van der Waals surface area contributed by atoms with Gasteiger partial charge in [-0.1, -0.05) is 72.8 Å². The van der Waals surface area contributed by atoms with Crippen LogP contribution in [0.2, 0.25) is 0 Å². The molecule has 0 aromatic heterocycles. The van der Waals surface area contributed by atoms with Gasteiger partial charge in [-0.25, -0.2) is 25.3 Å². The second-order valence-corrected chi connectivity index (χ2v) is 15.4. The third-order valence-electron chi connectivity index (χ3n) is 7.99. The molecule has 0 saturated carbocycles. The van der Waals surface area contributed by atoms with E-state index in [9.17, 15) is 38.9 Å². The summed E-state index contributed by atoms with van der Waals surface area (Å²) >= 11 is 0. The molecule has 43 heavy (non-hydrogen) atoms. The van der Waals surface area contributed by atoms with Crippen LogP contribution >= 0.6 is 0 Å². The van der Waals surface area contributed by atoms with Gasteiger partial charge in [-0.15, -0.1) is 0 Å². The molecule has 3 unspecified atom stereocenters. The average Bonchev–Trinajstić information content (AvgIpc) is 2.95. The van der Waals surface area contributed by atoms with Gasteiger partial charge in [-0.05, 0) is 91.2 Å². The fourth-order valence-electron chi connectivity index (χ4n) is 6.03. The second kappa shape index (κ2) is 14.8. The van der Waals surface area contributed by atoms with Crippen molar-refractivity contribution in [2.45, 2.75) is 73.5 Å². The van der Waals surface area contributed by atoms with E-state index in [1.54, 1.807) is 36.4 Å². The van der Waals surface area contributed by atoms with Gasteiger partial charge >= 0.3 is 17.1 Å². The molecule has 1 radical (unpaired) electrons. The van der Waals surface area contributed by atoms with Crippen molar-refractivity contribution in [1.82, 2.24) is 0 Å². The molecule has 3 aliphatic rings. The van der Waals surface area contributed by atoms with Crippen LogP contribution in [0.15, 0.2) is 72.8 Å². The topological polar surface area (TPSA) is 172 Å². The van der Waals surface area contributed by atoms with E-state index in [1.165, 1.54) is 0 Å². The van der Waals surface area contributed by atoms with E-state index >= 15 is 0 Å². The smallest absolute Gasteiger partial charge is 0.747 e. The standard InChI is InChI=1S/3C10H12O3S.Fe/c3*11-14(12,13)10-7-3-5-8-4-1-2-6-9(8)10;/h3*1-2,4,6,10H,3,5,7H2,(H,11,12,13);/q;;;+3/p-3. The van der Waals surface area contributed by atoms with Crippen molar-refractivity contribution in [2.24, 2.45) is 0 Å². The zero-order chi connectivity index (χ0) is 30.5. The van der Waals surface area contributed by atoms with Crippen LogP contribution in [0.25, 0.3) is 0 Å². The third-order valence-corrected chi connectivity index (χ3v) is 11.5. The molecule has 3 aromatic rings. The van der Waals surface area contributed by atoms with E-state index in [0.717, 1.165) is 55.2 Å². The van der Waals surface area contributed by atoms with Crippen LogP contribution in [0.1, 0.15) is 87.7 Å². The summed E-state index contributed by atoms with van der Waals surface area (Å²) in [6.07, 6.45) is 6.36. The fourth-order valence-corrected chi connectivity index (χ4v) is 9.02. The van der Waals surface area contributed by atoms with E-state index in [1.807, 2.05) is 36.4 Å². The summed E-state index contributed by atoms with van der Waals surface area (Å²) in [4.78, 5) is 0. The van der Waals surface area contributed by atoms with Crippen molar-refractivity contribution in [3.63, 3.8) is 0 Å². The number of hydrogen-bond donors (Lipinski definition) is 0. The summed E-state index contributed by atoms with van der Waals surface area (Å²) in [5, 5.41) is -2.48. The van der Waals surface area contributed by atoms with Gasteiger partial charge in [0.2, 0.25) is 0 Å². The number of aryl methyl sites for hydroxylation is 3. The van der Waals surface area contributed by atoms with Crippen molar-refractivity contribution in [3.8, 4) is 0 Å². The molecule has 0 saturated heterocycles. The molecule has 0 heterocycles. The first-order valence-corrected chi connectivity index (χ1v) is 18.3. The average molecular weight is 690 g/mol. The number of hydrogen-bond acceptors (Lipinski definition) is 9. The maximum atomic E-state index is 11.0. The molecule has 0 N–H and O–H groups in total. The summed E-state index contributed by atoms with van der Waals surface area (Å²) in [5.41, 5.74) is 5.12. The molecule has 6 rings (SSSR count). The molecule has 0 fully saturated rings. The summed E-state index contributed by atoms with van der Waals surface area (Å²) in [6.45, 7) is 0. The van der Waals surface area contributed by atoms with Crippen molar-refractivity contribution in [2.75, 3.05) is 0 Å². The molecule has 0 spiro atoms. The van der Waals surface area contributed by atoms with Gasteiger partial charge in [0.25, 0.3) is 0 Å². The van der Waals surface area contributed by atoms with Crippen LogP contribution in [0.3, 0.4) is 0 Å². The molecule has 3 aliphatic carbocycles.